The lowest BCUT2D eigenvalue weighted by Crippen LogP contribution is -2.08. The van der Waals surface area contributed by atoms with E-state index in [9.17, 15) is 0 Å². The third-order valence-electron chi connectivity index (χ3n) is 2.31. The van der Waals surface area contributed by atoms with E-state index in [-0.39, 0.29) is 0 Å². The van der Waals surface area contributed by atoms with Crippen LogP contribution < -0.4 is 4.90 Å². The van der Waals surface area contributed by atoms with Crippen LogP contribution in [0.2, 0.25) is 0 Å². The molecule has 0 radical (unpaired) electrons. The van der Waals surface area contributed by atoms with Crippen molar-refractivity contribution in [3.63, 3.8) is 0 Å². The lowest BCUT2D eigenvalue weighted by molar-refractivity contribution is 0.494. The average molecular weight is 217 g/mol. The van der Waals surface area contributed by atoms with Crippen molar-refractivity contribution in [3.05, 3.63) is 41.8 Å². The highest BCUT2D eigenvalue weighted by molar-refractivity contribution is 5.20. The summed E-state index contributed by atoms with van der Waals surface area (Å²) in [5.74, 6) is 0.688. The summed E-state index contributed by atoms with van der Waals surface area (Å²) >= 11 is 0. The second-order valence-electron chi connectivity index (χ2n) is 3.86. The van der Waals surface area contributed by atoms with E-state index in [1.165, 1.54) is 5.56 Å². The van der Waals surface area contributed by atoms with Gasteiger partial charge >= 0.3 is 6.01 Å². The highest BCUT2D eigenvalue weighted by Gasteiger charge is 2.07. The van der Waals surface area contributed by atoms with E-state index in [0.29, 0.717) is 11.9 Å². The maximum atomic E-state index is 5.47. The molecule has 2 rings (SSSR count). The van der Waals surface area contributed by atoms with Crippen LogP contribution in [-0.4, -0.2) is 24.3 Å². The largest absolute Gasteiger partial charge is 0.408 e. The van der Waals surface area contributed by atoms with Gasteiger partial charge in [0.25, 0.3) is 0 Å². The lowest BCUT2D eigenvalue weighted by Gasteiger charge is -2.02. The number of aryl methyl sites for hydroxylation is 2. The molecule has 0 amide bonds. The van der Waals surface area contributed by atoms with Crippen LogP contribution in [0.25, 0.3) is 0 Å². The Morgan fingerprint density at radius 2 is 1.81 bits per heavy atom. The summed E-state index contributed by atoms with van der Waals surface area (Å²) in [5.41, 5.74) is 1.28. The van der Waals surface area contributed by atoms with E-state index in [1.807, 2.05) is 32.3 Å². The first kappa shape index (κ1) is 10.7. The average Bonchev–Trinajstić information content (AvgIpc) is 2.76. The Labute approximate surface area is 94.9 Å². The maximum absolute atomic E-state index is 5.47. The normalized spacial score (nSPS) is 10.4. The van der Waals surface area contributed by atoms with Gasteiger partial charge in [0.1, 0.15) is 0 Å². The Hall–Kier alpha value is -1.84. The summed E-state index contributed by atoms with van der Waals surface area (Å²) < 4.78 is 5.47. The topological polar surface area (TPSA) is 42.2 Å². The fourth-order valence-electron chi connectivity index (χ4n) is 1.42. The quantitative estimate of drug-likeness (QED) is 0.784. The van der Waals surface area contributed by atoms with Crippen LogP contribution in [0, 0.1) is 0 Å². The molecule has 4 nitrogen and oxygen atoms in total. The Morgan fingerprint density at radius 3 is 2.44 bits per heavy atom. The molecule has 1 aromatic heterocycles. The zero-order chi connectivity index (χ0) is 11.4. The maximum Gasteiger partial charge on any atom is 0.317 e. The molecule has 0 saturated heterocycles. The third-order valence-corrected chi connectivity index (χ3v) is 2.31. The number of aromatic nitrogens is 2. The zero-order valence-electron chi connectivity index (χ0n) is 9.55. The van der Waals surface area contributed by atoms with Crippen LogP contribution in [-0.2, 0) is 12.8 Å². The Kier molecular flexibility index (Phi) is 3.19. The molecular formula is C12H15N3O. The Bertz CT molecular complexity index is 437. The van der Waals surface area contributed by atoms with E-state index in [2.05, 4.69) is 22.3 Å². The predicted octanol–water partition coefficient (Wildman–Crippen LogP) is 1.92. The minimum atomic E-state index is 0.558. The molecule has 0 atom stereocenters. The van der Waals surface area contributed by atoms with Gasteiger partial charge in [-0.05, 0) is 12.0 Å². The van der Waals surface area contributed by atoms with Crippen molar-refractivity contribution in [3.8, 4) is 0 Å². The first-order valence-electron chi connectivity index (χ1n) is 5.29. The number of hydrogen-bond donors (Lipinski definition) is 0. The molecule has 4 heteroatoms. The number of hydrogen-bond acceptors (Lipinski definition) is 4. The SMILES string of the molecule is CN(C)c1nnc(CCc2ccccc2)o1. The Morgan fingerprint density at radius 1 is 1.06 bits per heavy atom. The van der Waals surface area contributed by atoms with Crippen molar-refractivity contribution in [2.24, 2.45) is 0 Å². The smallest absolute Gasteiger partial charge is 0.317 e. The van der Waals surface area contributed by atoms with Crippen molar-refractivity contribution in [2.75, 3.05) is 19.0 Å². The Balaban J connectivity index is 1.95. The second-order valence-corrected chi connectivity index (χ2v) is 3.86. The standard InChI is InChI=1S/C12H15N3O/c1-15(2)12-14-13-11(16-12)9-8-10-6-4-3-5-7-10/h3-7H,8-9H2,1-2H3. The molecule has 1 heterocycles. The summed E-state index contributed by atoms with van der Waals surface area (Å²) in [6.07, 6.45) is 1.71. The molecule has 0 aliphatic carbocycles. The van der Waals surface area contributed by atoms with Crippen LogP contribution in [0.3, 0.4) is 0 Å². The molecule has 0 unspecified atom stereocenters. The van der Waals surface area contributed by atoms with Crippen molar-refractivity contribution < 1.29 is 4.42 Å². The number of nitrogens with zero attached hydrogens (tertiary/aromatic N) is 3. The molecule has 0 saturated carbocycles. The van der Waals surface area contributed by atoms with Gasteiger partial charge < -0.3 is 9.32 Å². The van der Waals surface area contributed by atoms with Gasteiger partial charge in [-0.2, -0.15) is 0 Å². The molecule has 0 fully saturated rings. The van der Waals surface area contributed by atoms with Gasteiger partial charge in [-0.15, -0.1) is 5.10 Å². The third kappa shape index (κ3) is 2.59. The van der Waals surface area contributed by atoms with Gasteiger partial charge in [-0.1, -0.05) is 35.4 Å². The summed E-state index contributed by atoms with van der Waals surface area (Å²) in [7, 11) is 3.77. The lowest BCUT2D eigenvalue weighted by atomic mass is 10.1. The minimum absolute atomic E-state index is 0.558. The molecule has 0 aliphatic heterocycles. The van der Waals surface area contributed by atoms with E-state index in [0.717, 1.165) is 12.8 Å². The van der Waals surface area contributed by atoms with Gasteiger partial charge in [0.05, 0.1) is 0 Å². The van der Waals surface area contributed by atoms with Gasteiger partial charge in [0.2, 0.25) is 5.89 Å². The van der Waals surface area contributed by atoms with Crippen molar-refractivity contribution in [1.82, 2.24) is 10.2 Å². The monoisotopic (exact) mass is 217 g/mol. The van der Waals surface area contributed by atoms with E-state index in [1.54, 1.807) is 4.90 Å². The van der Waals surface area contributed by atoms with Crippen molar-refractivity contribution in [2.45, 2.75) is 12.8 Å². The highest BCUT2D eigenvalue weighted by Crippen LogP contribution is 2.11. The van der Waals surface area contributed by atoms with Gasteiger partial charge in [0.15, 0.2) is 0 Å². The molecule has 0 aliphatic rings. The first-order chi connectivity index (χ1) is 7.75. The summed E-state index contributed by atoms with van der Waals surface area (Å²) in [5, 5.41) is 7.93. The summed E-state index contributed by atoms with van der Waals surface area (Å²) in [4.78, 5) is 1.80. The molecule has 2 aromatic rings. The second kappa shape index (κ2) is 4.79. The van der Waals surface area contributed by atoms with Gasteiger partial charge in [-0.25, -0.2) is 0 Å². The van der Waals surface area contributed by atoms with Gasteiger partial charge in [0, 0.05) is 20.5 Å². The number of anilines is 1. The van der Waals surface area contributed by atoms with Crippen LogP contribution >= 0.6 is 0 Å². The van der Waals surface area contributed by atoms with E-state index < -0.39 is 0 Å². The van der Waals surface area contributed by atoms with Crippen LogP contribution in [0.4, 0.5) is 6.01 Å². The molecule has 0 N–H and O–H groups in total. The van der Waals surface area contributed by atoms with Crippen LogP contribution in [0.15, 0.2) is 34.7 Å². The number of rotatable bonds is 4. The van der Waals surface area contributed by atoms with E-state index >= 15 is 0 Å². The van der Waals surface area contributed by atoms with Gasteiger partial charge in [-0.3, -0.25) is 0 Å². The molecule has 0 spiro atoms. The van der Waals surface area contributed by atoms with Crippen molar-refractivity contribution in [1.29, 1.82) is 0 Å². The highest BCUT2D eigenvalue weighted by atomic mass is 16.4. The first-order valence-corrected chi connectivity index (χ1v) is 5.29. The fourth-order valence-corrected chi connectivity index (χ4v) is 1.42. The fraction of sp³-hybridized carbons (Fsp3) is 0.333. The predicted molar refractivity (Wildman–Crippen MR) is 62.5 cm³/mol. The van der Waals surface area contributed by atoms with E-state index in [4.69, 9.17) is 4.42 Å². The zero-order valence-corrected chi connectivity index (χ0v) is 9.55. The van der Waals surface area contributed by atoms with Crippen LogP contribution in [0.5, 0.6) is 0 Å². The molecule has 84 valence electrons. The molecule has 1 aromatic carbocycles. The van der Waals surface area contributed by atoms with Crippen LogP contribution in [0.1, 0.15) is 11.5 Å². The van der Waals surface area contributed by atoms with Crippen molar-refractivity contribution >= 4 is 6.01 Å². The summed E-state index contributed by atoms with van der Waals surface area (Å²) in [6.45, 7) is 0. The summed E-state index contributed by atoms with van der Waals surface area (Å²) in [6, 6.07) is 10.8. The minimum Gasteiger partial charge on any atom is -0.408 e. The molecule has 0 bridgehead atoms. The number of benzene rings is 1. The molecule has 16 heavy (non-hydrogen) atoms. The molecular weight excluding hydrogens is 202 g/mol.